The van der Waals surface area contributed by atoms with Crippen LogP contribution in [-0.4, -0.2) is 24.2 Å². The first-order valence-electron chi connectivity index (χ1n) is 7.47. The van der Waals surface area contributed by atoms with E-state index in [2.05, 4.69) is 21.2 Å². The van der Waals surface area contributed by atoms with E-state index in [4.69, 9.17) is 4.74 Å². The number of hydrogen-bond donors (Lipinski definition) is 2. The predicted octanol–water partition coefficient (Wildman–Crippen LogP) is 3.21. The third kappa shape index (κ3) is 6.52. The Morgan fingerprint density at radius 1 is 1.17 bits per heavy atom. The molecule has 0 aliphatic rings. The summed E-state index contributed by atoms with van der Waals surface area (Å²) in [5.74, 6) is -0.132. The molecule has 0 fully saturated rings. The second-order valence-electron chi connectivity index (χ2n) is 5.16. The van der Waals surface area contributed by atoms with E-state index in [1.165, 1.54) is 0 Å². The number of hydrogen-bond acceptors (Lipinski definition) is 3. The molecule has 5 heteroatoms. The van der Waals surface area contributed by atoms with Gasteiger partial charge in [0.25, 0.3) is 0 Å². The SMILES string of the molecule is O=C(CCOCc1ccccc1)NC[C@H](O)c1cccc(Br)c1. The van der Waals surface area contributed by atoms with Crippen LogP contribution in [-0.2, 0) is 16.1 Å². The average molecular weight is 378 g/mol. The minimum Gasteiger partial charge on any atom is -0.387 e. The van der Waals surface area contributed by atoms with Crippen molar-refractivity contribution < 1.29 is 14.6 Å². The molecular formula is C18H20BrNO3. The van der Waals surface area contributed by atoms with Crippen molar-refractivity contribution in [3.63, 3.8) is 0 Å². The summed E-state index contributed by atoms with van der Waals surface area (Å²) >= 11 is 3.36. The quantitative estimate of drug-likeness (QED) is 0.694. The van der Waals surface area contributed by atoms with Crippen molar-refractivity contribution in [1.82, 2.24) is 5.32 Å². The highest BCUT2D eigenvalue weighted by molar-refractivity contribution is 9.10. The lowest BCUT2D eigenvalue weighted by molar-refractivity contribution is -0.122. The first-order valence-corrected chi connectivity index (χ1v) is 8.26. The van der Waals surface area contributed by atoms with Crippen molar-refractivity contribution in [3.05, 3.63) is 70.2 Å². The Morgan fingerprint density at radius 3 is 2.70 bits per heavy atom. The first kappa shape index (κ1) is 17.7. The van der Waals surface area contributed by atoms with E-state index >= 15 is 0 Å². The molecule has 0 spiro atoms. The molecule has 0 aliphatic carbocycles. The summed E-state index contributed by atoms with van der Waals surface area (Å²) in [6.07, 6.45) is -0.445. The van der Waals surface area contributed by atoms with Gasteiger partial charge in [-0.25, -0.2) is 0 Å². The summed E-state index contributed by atoms with van der Waals surface area (Å²) in [5, 5.41) is 12.8. The van der Waals surface area contributed by atoms with E-state index in [-0.39, 0.29) is 18.9 Å². The van der Waals surface area contributed by atoms with Gasteiger partial charge in [0.1, 0.15) is 0 Å². The van der Waals surface area contributed by atoms with Crippen LogP contribution in [0.15, 0.2) is 59.1 Å². The number of halogens is 1. The van der Waals surface area contributed by atoms with E-state index < -0.39 is 6.10 Å². The van der Waals surface area contributed by atoms with Gasteiger partial charge in [-0.1, -0.05) is 58.4 Å². The number of carbonyl (C=O) groups is 1. The Bertz CT molecular complexity index is 619. The number of carbonyl (C=O) groups excluding carboxylic acids is 1. The van der Waals surface area contributed by atoms with Crippen LogP contribution < -0.4 is 5.32 Å². The van der Waals surface area contributed by atoms with Crippen LogP contribution in [0.3, 0.4) is 0 Å². The minimum absolute atomic E-state index is 0.132. The molecule has 4 nitrogen and oxygen atoms in total. The molecule has 0 unspecified atom stereocenters. The number of aliphatic hydroxyl groups excluding tert-OH is 1. The number of ether oxygens (including phenoxy) is 1. The molecule has 2 aromatic carbocycles. The third-order valence-electron chi connectivity index (χ3n) is 3.31. The van der Waals surface area contributed by atoms with Gasteiger partial charge in [0, 0.05) is 17.4 Å². The Kier molecular flexibility index (Phi) is 7.26. The largest absolute Gasteiger partial charge is 0.387 e. The van der Waals surface area contributed by atoms with Gasteiger partial charge in [-0.3, -0.25) is 4.79 Å². The molecule has 0 bridgehead atoms. The minimum atomic E-state index is -0.721. The molecule has 1 atom stereocenters. The van der Waals surface area contributed by atoms with Crippen molar-refractivity contribution in [1.29, 1.82) is 0 Å². The van der Waals surface area contributed by atoms with Gasteiger partial charge < -0.3 is 15.2 Å². The van der Waals surface area contributed by atoms with Crippen LogP contribution in [0.4, 0.5) is 0 Å². The topological polar surface area (TPSA) is 58.6 Å². The molecule has 0 radical (unpaired) electrons. The van der Waals surface area contributed by atoms with Crippen LogP contribution in [0.25, 0.3) is 0 Å². The smallest absolute Gasteiger partial charge is 0.222 e. The zero-order valence-electron chi connectivity index (χ0n) is 12.7. The number of nitrogens with one attached hydrogen (secondary N) is 1. The maximum absolute atomic E-state index is 11.7. The normalized spacial score (nSPS) is 11.9. The van der Waals surface area contributed by atoms with Crippen LogP contribution in [0.2, 0.25) is 0 Å². The third-order valence-corrected chi connectivity index (χ3v) is 3.80. The number of amides is 1. The van der Waals surface area contributed by atoms with Gasteiger partial charge >= 0.3 is 0 Å². The van der Waals surface area contributed by atoms with Gasteiger partial charge in [0.15, 0.2) is 0 Å². The van der Waals surface area contributed by atoms with Gasteiger partial charge in [-0.15, -0.1) is 0 Å². The van der Waals surface area contributed by atoms with Crippen molar-refractivity contribution in [3.8, 4) is 0 Å². The average Bonchev–Trinajstić information content (AvgIpc) is 2.57. The second kappa shape index (κ2) is 9.45. The lowest BCUT2D eigenvalue weighted by Crippen LogP contribution is -2.29. The molecule has 1 amide bonds. The summed E-state index contributed by atoms with van der Waals surface area (Å²) in [6, 6.07) is 17.2. The fourth-order valence-corrected chi connectivity index (χ4v) is 2.48. The zero-order chi connectivity index (χ0) is 16.5. The van der Waals surface area contributed by atoms with Crippen LogP contribution >= 0.6 is 15.9 Å². The molecule has 0 heterocycles. The molecule has 0 saturated heterocycles. The number of benzene rings is 2. The first-order chi connectivity index (χ1) is 11.1. The van der Waals surface area contributed by atoms with Crippen LogP contribution in [0.5, 0.6) is 0 Å². The van der Waals surface area contributed by atoms with Crippen molar-refractivity contribution >= 4 is 21.8 Å². The Labute approximate surface area is 144 Å². The maximum Gasteiger partial charge on any atom is 0.222 e. The number of rotatable bonds is 8. The van der Waals surface area contributed by atoms with Gasteiger partial charge in [-0.05, 0) is 23.3 Å². The van der Waals surface area contributed by atoms with E-state index in [0.29, 0.717) is 13.2 Å². The summed E-state index contributed by atoms with van der Waals surface area (Å²) in [5.41, 5.74) is 1.85. The van der Waals surface area contributed by atoms with E-state index in [1.807, 2.05) is 54.6 Å². The fourth-order valence-electron chi connectivity index (χ4n) is 2.06. The van der Waals surface area contributed by atoms with E-state index in [9.17, 15) is 9.90 Å². The summed E-state index contributed by atoms with van der Waals surface area (Å²) in [4.78, 5) is 11.7. The molecule has 122 valence electrons. The molecule has 0 aromatic heterocycles. The Balaban J connectivity index is 1.63. The van der Waals surface area contributed by atoms with Gasteiger partial charge in [0.05, 0.1) is 19.3 Å². The lowest BCUT2D eigenvalue weighted by atomic mass is 10.1. The van der Waals surface area contributed by atoms with Crippen LogP contribution in [0.1, 0.15) is 23.7 Å². The highest BCUT2D eigenvalue weighted by Crippen LogP contribution is 2.17. The molecule has 2 aromatic rings. The summed E-state index contributed by atoms with van der Waals surface area (Å²) in [7, 11) is 0. The maximum atomic E-state index is 11.7. The highest BCUT2D eigenvalue weighted by atomic mass is 79.9. The van der Waals surface area contributed by atoms with Crippen molar-refractivity contribution in [2.24, 2.45) is 0 Å². The molecule has 0 saturated carbocycles. The zero-order valence-corrected chi connectivity index (χ0v) is 14.3. The molecule has 2 rings (SSSR count). The summed E-state index contributed by atoms with van der Waals surface area (Å²) < 4.78 is 6.37. The highest BCUT2D eigenvalue weighted by Gasteiger charge is 2.09. The molecule has 2 N–H and O–H groups in total. The predicted molar refractivity (Wildman–Crippen MR) is 92.8 cm³/mol. The standard InChI is InChI=1S/C18H20BrNO3/c19-16-8-4-7-15(11-16)17(21)12-20-18(22)9-10-23-13-14-5-2-1-3-6-14/h1-8,11,17,21H,9-10,12-13H2,(H,20,22)/t17-/m0/s1. The fraction of sp³-hybridized carbons (Fsp3) is 0.278. The van der Waals surface area contributed by atoms with E-state index in [0.717, 1.165) is 15.6 Å². The van der Waals surface area contributed by atoms with Gasteiger partial charge in [0.2, 0.25) is 5.91 Å². The van der Waals surface area contributed by atoms with Crippen molar-refractivity contribution in [2.75, 3.05) is 13.2 Å². The monoisotopic (exact) mass is 377 g/mol. The van der Waals surface area contributed by atoms with E-state index in [1.54, 1.807) is 0 Å². The lowest BCUT2D eigenvalue weighted by Gasteiger charge is -2.12. The Hall–Kier alpha value is -1.69. The van der Waals surface area contributed by atoms with Gasteiger partial charge in [-0.2, -0.15) is 0 Å². The Morgan fingerprint density at radius 2 is 1.96 bits per heavy atom. The van der Waals surface area contributed by atoms with Crippen molar-refractivity contribution in [2.45, 2.75) is 19.1 Å². The molecular weight excluding hydrogens is 358 g/mol. The second-order valence-corrected chi connectivity index (χ2v) is 6.08. The summed E-state index contributed by atoms with van der Waals surface area (Å²) in [6.45, 7) is 1.04. The van der Waals surface area contributed by atoms with Crippen LogP contribution in [0, 0.1) is 0 Å². The molecule has 0 aliphatic heterocycles. The number of aliphatic hydroxyl groups is 1. The molecule has 23 heavy (non-hydrogen) atoms.